The normalized spacial score (nSPS) is 17.5. The van der Waals surface area contributed by atoms with Gasteiger partial charge in [-0.05, 0) is 19.9 Å². The summed E-state index contributed by atoms with van der Waals surface area (Å²) in [6.45, 7) is 3.25. The highest BCUT2D eigenvalue weighted by Gasteiger charge is 2.41. The molecule has 80 valence electrons. The Kier molecular flexibility index (Phi) is 2.71. The van der Waals surface area contributed by atoms with Crippen LogP contribution in [0.1, 0.15) is 20.3 Å². The van der Waals surface area contributed by atoms with E-state index < -0.39 is 20.4 Å². The minimum atomic E-state index is -3.41. The lowest BCUT2D eigenvalue weighted by molar-refractivity contribution is -0.120. The van der Waals surface area contributed by atoms with Crippen molar-refractivity contribution < 1.29 is 17.9 Å². The molecule has 5 heteroatoms. The third-order valence-corrected chi connectivity index (χ3v) is 4.44. The Morgan fingerprint density at radius 2 is 2.07 bits per heavy atom. The number of ether oxygens (including phenoxy) is 1. The molecule has 0 bridgehead atoms. The lowest BCUT2D eigenvalue weighted by Gasteiger charge is -2.20. The van der Waals surface area contributed by atoms with Crippen LogP contribution >= 0.6 is 0 Å². The molecule has 14 heavy (non-hydrogen) atoms. The lowest BCUT2D eigenvalue weighted by atomic mass is 10.1. The average Bonchev–Trinajstić information content (AvgIpc) is 2.52. The molecule has 0 aromatic heterocycles. The van der Waals surface area contributed by atoms with Crippen molar-refractivity contribution in [3.8, 4) is 0 Å². The van der Waals surface area contributed by atoms with Gasteiger partial charge in [-0.15, -0.1) is 0 Å². The summed E-state index contributed by atoms with van der Waals surface area (Å²) in [5, 5.41) is 0. The van der Waals surface area contributed by atoms with Crippen LogP contribution in [0.15, 0.2) is 11.8 Å². The molecule has 0 aromatic rings. The second-order valence-electron chi connectivity index (χ2n) is 3.82. The molecule has 0 amide bonds. The van der Waals surface area contributed by atoms with E-state index in [9.17, 15) is 13.2 Å². The predicted octanol–water partition coefficient (Wildman–Crippen LogP) is 0.683. The third-order valence-electron chi connectivity index (χ3n) is 2.40. The summed E-state index contributed by atoms with van der Waals surface area (Å²) < 4.78 is 26.3. The molecule has 0 saturated carbocycles. The van der Waals surface area contributed by atoms with Gasteiger partial charge in [-0.3, -0.25) is 4.79 Å². The van der Waals surface area contributed by atoms with Crippen LogP contribution in [-0.4, -0.2) is 31.8 Å². The Hall–Kier alpha value is -0.840. The Morgan fingerprint density at radius 3 is 2.43 bits per heavy atom. The number of rotatable bonds is 3. The summed E-state index contributed by atoms with van der Waals surface area (Å²) in [7, 11) is -3.41. The molecule has 0 fully saturated rings. The van der Waals surface area contributed by atoms with Crippen LogP contribution in [0.25, 0.3) is 0 Å². The summed E-state index contributed by atoms with van der Waals surface area (Å²) in [4.78, 5) is 11.7. The zero-order chi connectivity index (χ0) is 11.0. The van der Waals surface area contributed by atoms with Gasteiger partial charge in [0, 0.05) is 12.7 Å². The second-order valence-corrected chi connectivity index (χ2v) is 6.38. The van der Waals surface area contributed by atoms with Crippen molar-refractivity contribution in [3.63, 3.8) is 0 Å². The van der Waals surface area contributed by atoms with Crippen molar-refractivity contribution >= 4 is 15.6 Å². The molecule has 0 saturated heterocycles. The van der Waals surface area contributed by atoms with Crippen LogP contribution in [0, 0.1) is 0 Å². The molecule has 1 heterocycles. The van der Waals surface area contributed by atoms with E-state index in [4.69, 9.17) is 4.74 Å². The highest BCUT2D eigenvalue weighted by atomic mass is 32.2. The van der Waals surface area contributed by atoms with Gasteiger partial charge < -0.3 is 4.74 Å². The smallest absolute Gasteiger partial charge is 0.217 e. The van der Waals surface area contributed by atoms with E-state index in [2.05, 4.69) is 0 Å². The maximum atomic E-state index is 11.7. The Labute approximate surface area is 83.9 Å². The second kappa shape index (κ2) is 3.38. The third kappa shape index (κ3) is 1.82. The number of carbonyl (C=O) groups excluding carboxylic acids is 1. The summed E-state index contributed by atoms with van der Waals surface area (Å²) in [6, 6.07) is 0. The van der Waals surface area contributed by atoms with Crippen LogP contribution in [0.3, 0.4) is 0 Å². The van der Waals surface area contributed by atoms with Gasteiger partial charge >= 0.3 is 0 Å². The fourth-order valence-electron chi connectivity index (χ4n) is 1.04. The molecule has 0 atom stereocenters. The summed E-state index contributed by atoms with van der Waals surface area (Å²) in [5.74, 6) is -0.280. The van der Waals surface area contributed by atoms with Crippen LogP contribution in [0.4, 0.5) is 0 Å². The van der Waals surface area contributed by atoms with Gasteiger partial charge in [0.25, 0.3) is 0 Å². The molecule has 1 aliphatic rings. The SMILES string of the molecule is CC(C)(C(=O)C1=CCCO1)S(C)(=O)=O. The number of ketones is 1. The molecule has 0 aliphatic carbocycles. The first-order valence-electron chi connectivity index (χ1n) is 4.34. The first-order chi connectivity index (χ1) is 6.27. The van der Waals surface area contributed by atoms with Crippen molar-refractivity contribution in [2.75, 3.05) is 12.9 Å². The number of sulfone groups is 1. The topological polar surface area (TPSA) is 60.4 Å². The fraction of sp³-hybridized carbons (Fsp3) is 0.667. The standard InChI is InChI=1S/C9H14O4S/c1-9(2,14(3,11)12)8(10)7-5-4-6-13-7/h5H,4,6H2,1-3H3. The number of Topliss-reactive ketones (excluding diaryl/α,β-unsaturated/α-hetero) is 1. The largest absolute Gasteiger partial charge is 0.490 e. The fourth-order valence-corrected chi connectivity index (χ4v) is 1.48. The van der Waals surface area contributed by atoms with Crippen molar-refractivity contribution in [1.82, 2.24) is 0 Å². The van der Waals surface area contributed by atoms with E-state index in [-0.39, 0.29) is 5.76 Å². The van der Waals surface area contributed by atoms with Crippen LogP contribution < -0.4 is 0 Å². The summed E-state index contributed by atoms with van der Waals surface area (Å²) in [6.07, 6.45) is 3.36. The highest BCUT2D eigenvalue weighted by molar-refractivity contribution is 7.92. The minimum Gasteiger partial charge on any atom is -0.490 e. The van der Waals surface area contributed by atoms with Gasteiger partial charge in [0.2, 0.25) is 5.78 Å². The number of hydrogen-bond acceptors (Lipinski definition) is 4. The predicted molar refractivity (Wildman–Crippen MR) is 52.6 cm³/mol. The van der Waals surface area contributed by atoms with Gasteiger partial charge in [-0.2, -0.15) is 0 Å². The molecule has 4 nitrogen and oxygen atoms in total. The van der Waals surface area contributed by atoms with E-state index in [0.29, 0.717) is 13.0 Å². The van der Waals surface area contributed by atoms with Crippen LogP contribution in [-0.2, 0) is 19.4 Å². The monoisotopic (exact) mass is 218 g/mol. The number of hydrogen-bond donors (Lipinski definition) is 0. The molecule has 0 aromatic carbocycles. The zero-order valence-electron chi connectivity index (χ0n) is 8.53. The van der Waals surface area contributed by atoms with Crippen molar-refractivity contribution in [2.45, 2.75) is 25.0 Å². The molecule has 0 spiro atoms. The van der Waals surface area contributed by atoms with Gasteiger partial charge in [0.05, 0.1) is 6.61 Å². The summed E-state index contributed by atoms with van der Waals surface area (Å²) in [5.41, 5.74) is 0. The van der Waals surface area contributed by atoms with Crippen molar-refractivity contribution in [2.24, 2.45) is 0 Å². The van der Waals surface area contributed by atoms with Crippen LogP contribution in [0.5, 0.6) is 0 Å². The van der Waals surface area contributed by atoms with E-state index in [1.807, 2.05) is 0 Å². The van der Waals surface area contributed by atoms with Gasteiger partial charge in [0.1, 0.15) is 4.75 Å². The van der Waals surface area contributed by atoms with Crippen molar-refractivity contribution in [3.05, 3.63) is 11.8 Å². The van der Waals surface area contributed by atoms with Crippen LogP contribution in [0.2, 0.25) is 0 Å². The molecule has 0 radical (unpaired) electrons. The summed E-state index contributed by atoms with van der Waals surface area (Å²) >= 11 is 0. The Morgan fingerprint density at radius 1 is 1.50 bits per heavy atom. The maximum absolute atomic E-state index is 11.7. The Balaban J connectivity index is 3.00. The molecule has 1 aliphatic heterocycles. The van der Waals surface area contributed by atoms with E-state index in [1.165, 1.54) is 13.8 Å². The minimum absolute atomic E-state index is 0.181. The first-order valence-corrected chi connectivity index (χ1v) is 6.23. The Bertz CT molecular complexity index is 376. The molecule has 1 rings (SSSR count). The number of carbonyl (C=O) groups is 1. The molecule has 0 N–H and O–H groups in total. The molecular formula is C9H14O4S. The van der Waals surface area contributed by atoms with E-state index in [1.54, 1.807) is 6.08 Å². The van der Waals surface area contributed by atoms with E-state index >= 15 is 0 Å². The highest BCUT2D eigenvalue weighted by Crippen LogP contribution is 2.23. The average molecular weight is 218 g/mol. The lowest BCUT2D eigenvalue weighted by Crippen LogP contribution is -2.40. The number of allylic oxidation sites excluding steroid dienone is 1. The van der Waals surface area contributed by atoms with Gasteiger partial charge in [-0.1, -0.05) is 0 Å². The van der Waals surface area contributed by atoms with Gasteiger partial charge in [-0.25, -0.2) is 8.42 Å². The quantitative estimate of drug-likeness (QED) is 0.699. The zero-order valence-corrected chi connectivity index (χ0v) is 9.35. The first kappa shape index (κ1) is 11.2. The molecule has 0 unspecified atom stereocenters. The maximum Gasteiger partial charge on any atom is 0.217 e. The molecular weight excluding hydrogens is 204 g/mol. The van der Waals surface area contributed by atoms with Crippen molar-refractivity contribution in [1.29, 1.82) is 0 Å². The van der Waals surface area contributed by atoms with Gasteiger partial charge in [0.15, 0.2) is 15.6 Å². The van der Waals surface area contributed by atoms with E-state index in [0.717, 1.165) is 6.26 Å².